The molecule has 0 radical (unpaired) electrons. The number of hydrogen-bond acceptors (Lipinski definition) is 1. The third kappa shape index (κ3) is 2.63. The van der Waals surface area contributed by atoms with E-state index in [1.54, 1.807) is 5.57 Å². The smallest absolute Gasteiger partial charge is 0.00683 e. The lowest BCUT2D eigenvalue weighted by Gasteiger charge is -2.00. The Morgan fingerprint density at radius 3 is 2.67 bits per heavy atom. The Labute approximate surface area is 75.2 Å². The average Bonchev–Trinajstić information content (AvgIpc) is 2.85. The first-order valence-electron chi connectivity index (χ1n) is 5.26. The van der Waals surface area contributed by atoms with Gasteiger partial charge in [0.05, 0.1) is 0 Å². The number of allylic oxidation sites excluding steroid dienone is 1. The SMILES string of the molecule is CC(=CCCNC1CC1)C1CC1. The minimum Gasteiger partial charge on any atom is -0.314 e. The largest absolute Gasteiger partial charge is 0.314 e. The Morgan fingerprint density at radius 2 is 2.08 bits per heavy atom. The molecule has 1 N–H and O–H groups in total. The Kier molecular flexibility index (Phi) is 2.50. The van der Waals surface area contributed by atoms with Gasteiger partial charge in [0.2, 0.25) is 0 Å². The van der Waals surface area contributed by atoms with Crippen molar-refractivity contribution in [1.82, 2.24) is 5.32 Å². The van der Waals surface area contributed by atoms with E-state index < -0.39 is 0 Å². The first-order chi connectivity index (χ1) is 5.86. The molecule has 0 aliphatic heterocycles. The Morgan fingerprint density at radius 1 is 1.33 bits per heavy atom. The van der Waals surface area contributed by atoms with Crippen LogP contribution in [-0.2, 0) is 0 Å². The second-order valence-electron chi connectivity index (χ2n) is 4.24. The molecule has 0 heterocycles. The molecular weight excluding hydrogens is 146 g/mol. The van der Waals surface area contributed by atoms with E-state index in [1.807, 2.05) is 0 Å². The summed E-state index contributed by atoms with van der Waals surface area (Å²) < 4.78 is 0. The van der Waals surface area contributed by atoms with Gasteiger partial charge in [0.15, 0.2) is 0 Å². The number of rotatable bonds is 5. The fourth-order valence-corrected chi connectivity index (χ4v) is 1.58. The lowest BCUT2D eigenvalue weighted by molar-refractivity contribution is 0.687. The van der Waals surface area contributed by atoms with E-state index in [0.717, 1.165) is 12.0 Å². The zero-order chi connectivity index (χ0) is 8.39. The molecule has 2 fully saturated rings. The normalized spacial score (nSPS) is 24.6. The van der Waals surface area contributed by atoms with E-state index in [1.165, 1.54) is 38.6 Å². The van der Waals surface area contributed by atoms with Gasteiger partial charge in [-0.2, -0.15) is 0 Å². The quantitative estimate of drug-likeness (QED) is 0.487. The van der Waals surface area contributed by atoms with Crippen LogP contribution in [0, 0.1) is 5.92 Å². The van der Waals surface area contributed by atoms with E-state index in [4.69, 9.17) is 0 Å². The maximum absolute atomic E-state index is 3.53. The molecule has 0 atom stereocenters. The van der Waals surface area contributed by atoms with E-state index in [2.05, 4.69) is 18.3 Å². The van der Waals surface area contributed by atoms with Gasteiger partial charge in [-0.25, -0.2) is 0 Å². The zero-order valence-corrected chi connectivity index (χ0v) is 7.97. The topological polar surface area (TPSA) is 12.0 Å². The first-order valence-corrected chi connectivity index (χ1v) is 5.26. The summed E-state index contributed by atoms with van der Waals surface area (Å²) in [6.45, 7) is 3.48. The standard InChI is InChI=1S/C11H19N/c1-9(10-4-5-10)3-2-8-12-11-6-7-11/h3,10-12H,2,4-8H2,1H3. The number of hydrogen-bond donors (Lipinski definition) is 1. The van der Waals surface area contributed by atoms with Crippen LogP contribution >= 0.6 is 0 Å². The van der Waals surface area contributed by atoms with Gasteiger partial charge < -0.3 is 5.32 Å². The van der Waals surface area contributed by atoms with Crippen LogP contribution < -0.4 is 5.32 Å². The molecule has 1 nitrogen and oxygen atoms in total. The average molecular weight is 165 g/mol. The van der Waals surface area contributed by atoms with Gasteiger partial charge >= 0.3 is 0 Å². The third-order valence-corrected chi connectivity index (χ3v) is 2.84. The fourth-order valence-electron chi connectivity index (χ4n) is 1.58. The van der Waals surface area contributed by atoms with Crippen LogP contribution in [0.3, 0.4) is 0 Å². The summed E-state index contributed by atoms with van der Waals surface area (Å²) in [5.41, 5.74) is 1.63. The highest BCUT2D eigenvalue weighted by Gasteiger charge is 2.22. The molecule has 68 valence electrons. The Balaban J connectivity index is 1.56. The maximum Gasteiger partial charge on any atom is 0.00683 e. The van der Waals surface area contributed by atoms with Crippen LogP contribution in [0.5, 0.6) is 0 Å². The predicted molar refractivity (Wildman–Crippen MR) is 52.1 cm³/mol. The molecule has 2 saturated carbocycles. The van der Waals surface area contributed by atoms with Crippen LogP contribution in [0.1, 0.15) is 39.0 Å². The summed E-state index contributed by atoms with van der Waals surface area (Å²) >= 11 is 0. The lowest BCUT2D eigenvalue weighted by Crippen LogP contribution is -2.16. The van der Waals surface area contributed by atoms with E-state index in [-0.39, 0.29) is 0 Å². The van der Waals surface area contributed by atoms with E-state index in [9.17, 15) is 0 Å². The highest BCUT2D eigenvalue weighted by Crippen LogP contribution is 2.36. The van der Waals surface area contributed by atoms with Crippen molar-refractivity contribution in [3.63, 3.8) is 0 Å². The van der Waals surface area contributed by atoms with Crippen LogP contribution in [0.25, 0.3) is 0 Å². The summed E-state index contributed by atoms with van der Waals surface area (Å²) in [4.78, 5) is 0. The van der Waals surface area contributed by atoms with Gasteiger partial charge in [-0.3, -0.25) is 0 Å². The lowest BCUT2D eigenvalue weighted by atomic mass is 10.1. The third-order valence-electron chi connectivity index (χ3n) is 2.84. The van der Waals surface area contributed by atoms with Gasteiger partial charge in [0.25, 0.3) is 0 Å². The van der Waals surface area contributed by atoms with Gasteiger partial charge in [-0.05, 0) is 51.5 Å². The van der Waals surface area contributed by atoms with Crippen molar-refractivity contribution in [1.29, 1.82) is 0 Å². The molecule has 2 rings (SSSR count). The molecule has 0 bridgehead atoms. The fraction of sp³-hybridized carbons (Fsp3) is 0.818. The highest BCUT2D eigenvalue weighted by molar-refractivity contribution is 5.09. The van der Waals surface area contributed by atoms with Gasteiger partial charge in [-0.1, -0.05) is 11.6 Å². The van der Waals surface area contributed by atoms with Crippen LogP contribution in [0.2, 0.25) is 0 Å². The molecular formula is C11H19N. The second-order valence-corrected chi connectivity index (χ2v) is 4.24. The van der Waals surface area contributed by atoms with Crippen molar-refractivity contribution in [2.75, 3.05) is 6.54 Å². The maximum atomic E-state index is 3.53. The van der Waals surface area contributed by atoms with Gasteiger partial charge in [-0.15, -0.1) is 0 Å². The molecule has 0 aromatic carbocycles. The molecule has 12 heavy (non-hydrogen) atoms. The van der Waals surface area contributed by atoms with Crippen LogP contribution in [0.15, 0.2) is 11.6 Å². The molecule has 0 spiro atoms. The number of nitrogens with one attached hydrogen (secondary N) is 1. The molecule has 0 saturated heterocycles. The molecule has 1 heteroatoms. The molecule has 0 unspecified atom stereocenters. The minimum atomic E-state index is 0.875. The first kappa shape index (κ1) is 8.31. The summed E-state index contributed by atoms with van der Waals surface area (Å²) in [6, 6.07) is 0.875. The predicted octanol–water partition coefficient (Wildman–Crippen LogP) is 2.48. The van der Waals surface area contributed by atoms with Crippen LogP contribution in [-0.4, -0.2) is 12.6 Å². The summed E-state index contributed by atoms with van der Waals surface area (Å²) in [5.74, 6) is 0.964. The van der Waals surface area contributed by atoms with E-state index in [0.29, 0.717) is 0 Å². The molecule has 2 aliphatic rings. The molecule has 2 aliphatic carbocycles. The van der Waals surface area contributed by atoms with Crippen molar-refractivity contribution in [2.24, 2.45) is 5.92 Å². The van der Waals surface area contributed by atoms with Crippen molar-refractivity contribution < 1.29 is 0 Å². The summed E-state index contributed by atoms with van der Waals surface area (Å²) in [6.07, 6.45) is 9.36. The van der Waals surface area contributed by atoms with Crippen molar-refractivity contribution >= 4 is 0 Å². The highest BCUT2D eigenvalue weighted by atomic mass is 14.9. The summed E-state index contributed by atoms with van der Waals surface area (Å²) in [5, 5.41) is 3.53. The summed E-state index contributed by atoms with van der Waals surface area (Å²) in [7, 11) is 0. The monoisotopic (exact) mass is 165 g/mol. The Bertz CT molecular complexity index is 175. The molecule has 0 aromatic rings. The second kappa shape index (κ2) is 3.61. The minimum absolute atomic E-state index is 0.875. The van der Waals surface area contributed by atoms with Gasteiger partial charge in [0, 0.05) is 6.04 Å². The van der Waals surface area contributed by atoms with Crippen LogP contribution in [0.4, 0.5) is 0 Å². The Hall–Kier alpha value is -0.300. The molecule has 0 amide bonds. The van der Waals surface area contributed by atoms with Crippen molar-refractivity contribution in [2.45, 2.75) is 45.1 Å². The van der Waals surface area contributed by atoms with Crippen molar-refractivity contribution in [3.8, 4) is 0 Å². The van der Waals surface area contributed by atoms with Crippen molar-refractivity contribution in [3.05, 3.63) is 11.6 Å². The van der Waals surface area contributed by atoms with E-state index >= 15 is 0 Å². The van der Waals surface area contributed by atoms with Gasteiger partial charge in [0.1, 0.15) is 0 Å². The zero-order valence-electron chi connectivity index (χ0n) is 7.97. The molecule has 0 aromatic heterocycles.